The van der Waals surface area contributed by atoms with Crippen molar-refractivity contribution in [1.29, 1.82) is 0 Å². The number of likely N-dealkylation sites (tertiary alicyclic amines) is 1. The summed E-state index contributed by atoms with van der Waals surface area (Å²) < 4.78 is 35.5. The van der Waals surface area contributed by atoms with Crippen molar-refractivity contribution >= 4 is 10.2 Å². The van der Waals surface area contributed by atoms with E-state index in [2.05, 4.69) is 21.5 Å². The zero-order valence-electron chi connectivity index (χ0n) is 20.7. The zero-order chi connectivity index (χ0) is 24.8. The van der Waals surface area contributed by atoms with Gasteiger partial charge >= 0.3 is 0 Å². The highest BCUT2D eigenvalue weighted by Gasteiger charge is 2.31. The highest BCUT2D eigenvalue weighted by Crippen LogP contribution is 2.28. The summed E-state index contributed by atoms with van der Waals surface area (Å²) in [6.45, 7) is 5.16. The van der Waals surface area contributed by atoms with Crippen molar-refractivity contribution in [2.45, 2.75) is 32.2 Å². The third-order valence-corrected chi connectivity index (χ3v) is 8.15. The van der Waals surface area contributed by atoms with E-state index in [0.29, 0.717) is 6.42 Å². The summed E-state index contributed by atoms with van der Waals surface area (Å²) in [5.74, 6) is 1.53. The Morgan fingerprint density at radius 2 is 1.89 bits per heavy atom. The maximum atomic E-state index is 13.0. The largest absolute Gasteiger partial charge is 0.497 e. The average Bonchev–Trinajstić information content (AvgIpc) is 3.52. The van der Waals surface area contributed by atoms with E-state index in [4.69, 9.17) is 9.72 Å². The number of H-pyrrole nitrogens is 1. The number of likely N-dealkylation sites (N-methyl/N-ethyl adjacent to an activating group) is 1. The summed E-state index contributed by atoms with van der Waals surface area (Å²) in [5.41, 5.74) is 3.62. The molecule has 4 rings (SSSR count). The molecule has 2 heterocycles. The number of ether oxygens (including phenoxy) is 1. The quantitative estimate of drug-likeness (QED) is 0.423. The lowest BCUT2D eigenvalue weighted by atomic mass is 10.1. The molecule has 2 aromatic carbocycles. The van der Waals surface area contributed by atoms with Gasteiger partial charge in [-0.15, -0.1) is 0 Å². The highest BCUT2D eigenvalue weighted by atomic mass is 32.2. The van der Waals surface area contributed by atoms with E-state index >= 15 is 0 Å². The monoisotopic (exact) mass is 497 g/mol. The van der Waals surface area contributed by atoms with Gasteiger partial charge in [0.05, 0.1) is 12.8 Å². The predicted molar refractivity (Wildman–Crippen MR) is 140 cm³/mol. The number of nitrogens with zero attached hydrogens (tertiary/aromatic N) is 3. The molecule has 1 aliphatic rings. The lowest BCUT2D eigenvalue weighted by Gasteiger charge is -2.24. The van der Waals surface area contributed by atoms with E-state index in [1.807, 2.05) is 54.6 Å². The normalized spacial score (nSPS) is 16.7. The first-order valence-corrected chi connectivity index (χ1v) is 13.6. The number of aromatic nitrogens is 2. The van der Waals surface area contributed by atoms with E-state index in [1.54, 1.807) is 14.2 Å². The van der Waals surface area contributed by atoms with E-state index < -0.39 is 10.2 Å². The van der Waals surface area contributed by atoms with Crippen LogP contribution in [0, 0.1) is 0 Å². The first-order chi connectivity index (χ1) is 16.9. The highest BCUT2D eigenvalue weighted by molar-refractivity contribution is 7.87. The Morgan fingerprint density at radius 3 is 2.57 bits per heavy atom. The Kier molecular flexibility index (Phi) is 8.22. The number of imidazole rings is 1. The number of hydrogen-bond acceptors (Lipinski definition) is 5. The molecular formula is C26H35N5O3S. The summed E-state index contributed by atoms with van der Waals surface area (Å²) >= 11 is 0. The maximum Gasteiger partial charge on any atom is 0.279 e. The molecule has 8 nitrogen and oxygen atoms in total. The molecule has 1 atom stereocenters. The summed E-state index contributed by atoms with van der Waals surface area (Å²) in [4.78, 5) is 10.6. The molecule has 1 unspecified atom stereocenters. The number of rotatable bonds is 11. The molecule has 0 radical (unpaired) electrons. The first kappa shape index (κ1) is 25.4. The van der Waals surface area contributed by atoms with Gasteiger partial charge in [-0.25, -0.2) is 9.71 Å². The van der Waals surface area contributed by atoms with Crippen LogP contribution in [0.4, 0.5) is 0 Å². The van der Waals surface area contributed by atoms with Gasteiger partial charge in [0.15, 0.2) is 0 Å². The van der Waals surface area contributed by atoms with Gasteiger partial charge in [0.25, 0.3) is 10.2 Å². The molecule has 3 aromatic rings. The van der Waals surface area contributed by atoms with Gasteiger partial charge in [-0.2, -0.15) is 12.7 Å². The smallest absolute Gasteiger partial charge is 0.279 e. The fraction of sp³-hybridized carbons (Fsp3) is 0.423. The summed E-state index contributed by atoms with van der Waals surface area (Å²) in [5, 5.41) is 0. The van der Waals surface area contributed by atoms with Gasteiger partial charge in [-0.1, -0.05) is 37.3 Å². The fourth-order valence-corrected chi connectivity index (χ4v) is 5.67. The molecule has 2 N–H and O–H groups in total. The topological polar surface area (TPSA) is 90.6 Å². The molecule has 0 saturated carbocycles. The number of methoxy groups -OCH3 is 1. The molecule has 1 fully saturated rings. The number of nitrogens with one attached hydrogen (secondary N) is 2. The number of aromatic amines is 1. The molecule has 35 heavy (non-hydrogen) atoms. The van der Waals surface area contributed by atoms with Crippen LogP contribution in [0.3, 0.4) is 0 Å². The van der Waals surface area contributed by atoms with Crippen LogP contribution in [-0.4, -0.2) is 74.0 Å². The molecule has 0 spiro atoms. The Labute approximate surface area is 208 Å². The van der Waals surface area contributed by atoms with Crippen LogP contribution >= 0.6 is 0 Å². The molecule has 0 amide bonds. The predicted octanol–water partition coefficient (Wildman–Crippen LogP) is 3.55. The minimum Gasteiger partial charge on any atom is -0.497 e. The Hall–Kier alpha value is -2.72. The Balaban J connectivity index is 1.48. The van der Waals surface area contributed by atoms with Gasteiger partial charge in [-0.05, 0) is 50.2 Å². The molecular weight excluding hydrogens is 462 g/mol. The van der Waals surface area contributed by atoms with Gasteiger partial charge in [0.2, 0.25) is 0 Å². The summed E-state index contributed by atoms with van der Waals surface area (Å²) in [6, 6.07) is 17.6. The van der Waals surface area contributed by atoms with E-state index in [9.17, 15) is 8.42 Å². The van der Waals surface area contributed by atoms with E-state index in [1.165, 1.54) is 4.31 Å². The van der Waals surface area contributed by atoms with Crippen LogP contribution in [0.1, 0.15) is 25.5 Å². The van der Waals surface area contributed by atoms with Crippen LogP contribution in [-0.2, 0) is 16.6 Å². The summed E-state index contributed by atoms with van der Waals surface area (Å²) in [6.07, 6.45) is 2.42. The zero-order valence-corrected chi connectivity index (χ0v) is 21.5. The molecule has 0 aliphatic carbocycles. The van der Waals surface area contributed by atoms with Crippen LogP contribution in [0.15, 0.2) is 54.6 Å². The standard InChI is InChI=1S/C26H35N5O3S/c1-4-17-31-18-15-22(19-31)30(2)35(32,33)27-16-14-24-25(20-10-12-23(34-3)13-11-20)29-26(28-24)21-8-6-5-7-9-21/h5-13,22,27H,4,14-19H2,1-3H3,(H,28,29). The van der Waals surface area contributed by atoms with Crippen molar-refractivity contribution in [1.82, 2.24) is 23.9 Å². The van der Waals surface area contributed by atoms with Crippen molar-refractivity contribution in [3.63, 3.8) is 0 Å². The minimum atomic E-state index is -3.58. The molecule has 1 aromatic heterocycles. The van der Waals surface area contributed by atoms with Crippen LogP contribution < -0.4 is 9.46 Å². The van der Waals surface area contributed by atoms with Crippen molar-refractivity contribution in [3.8, 4) is 28.4 Å². The second-order valence-corrected chi connectivity index (χ2v) is 10.7. The van der Waals surface area contributed by atoms with Crippen molar-refractivity contribution in [2.24, 2.45) is 0 Å². The third-order valence-electron chi connectivity index (χ3n) is 6.53. The van der Waals surface area contributed by atoms with Gasteiger partial charge in [0.1, 0.15) is 11.6 Å². The fourth-order valence-electron chi connectivity index (χ4n) is 4.54. The van der Waals surface area contributed by atoms with Crippen molar-refractivity contribution in [2.75, 3.05) is 40.3 Å². The lowest BCUT2D eigenvalue weighted by molar-refractivity contribution is 0.303. The third kappa shape index (κ3) is 6.10. The number of hydrogen-bond donors (Lipinski definition) is 2. The van der Waals surface area contributed by atoms with Crippen LogP contribution in [0.2, 0.25) is 0 Å². The molecule has 9 heteroatoms. The SMILES string of the molecule is CCCN1CCC(N(C)S(=O)(=O)NCCc2[nH]c(-c3ccccc3)nc2-c2ccc(OC)cc2)C1. The molecule has 1 aliphatic heterocycles. The molecule has 0 bridgehead atoms. The van der Waals surface area contributed by atoms with Gasteiger partial charge in [-0.3, -0.25) is 0 Å². The molecule has 188 valence electrons. The van der Waals surface area contributed by atoms with Gasteiger partial charge in [0, 0.05) is 49.4 Å². The number of benzene rings is 2. The van der Waals surface area contributed by atoms with E-state index in [-0.39, 0.29) is 12.6 Å². The van der Waals surface area contributed by atoms with Gasteiger partial charge < -0.3 is 14.6 Å². The molecule has 1 saturated heterocycles. The average molecular weight is 498 g/mol. The second kappa shape index (κ2) is 11.3. The van der Waals surface area contributed by atoms with Crippen molar-refractivity contribution in [3.05, 3.63) is 60.3 Å². The first-order valence-electron chi connectivity index (χ1n) is 12.1. The maximum absolute atomic E-state index is 13.0. The summed E-state index contributed by atoms with van der Waals surface area (Å²) in [7, 11) is -0.265. The van der Waals surface area contributed by atoms with Crippen LogP contribution in [0.5, 0.6) is 5.75 Å². The Bertz CT molecular complexity index is 1200. The lowest BCUT2D eigenvalue weighted by Crippen LogP contribution is -2.45. The Morgan fingerprint density at radius 1 is 1.14 bits per heavy atom. The second-order valence-electron chi connectivity index (χ2n) is 8.92. The van der Waals surface area contributed by atoms with Crippen molar-refractivity contribution < 1.29 is 13.2 Å². The minimum absolute atomic E-state index is 0.00532. The van der Waals surface area contributed by atoms with Crippen LogP contribution in [0.25, 0.3) is 22.6 Å². The van der Waals surface area contributed by atoms with E-state index in [0.717, 1.165) is 66.6 Å².